The van der Waals surface area contributed by atoms with Gasteiger partial charge in [0.25, 0.3) is 5.91 Å². The second kappa shape index (κ2) is 19.8. The molecular formula is C34H47NO4. The molecule has 5 nitrogen and oxygen atoms in total. The smallest absolute Gasteiger partial charge is 0.417 e. The molecular weight excluding hydrogens is 486 g/mol. The highest BCUT2D eigenvalue weighted by Gasteiger charge is 2.45. The second-order valence-corrected chi connectivity index (χ2v) is 9.64. The van der Waals surface area contributed by atoms with Crippen LogP contribution < -0.4 is 0 Å². The number of rotatable bonds is 18. The first-order valence-electron chi connectivity index (χ1n) is 14.5. The van der Waals surface area contributed by atoms with Crippen LogP contribution >= 0.6 is 0 Å². The van der Waals surface area contributed by atoms with Gasteiger partial charge in [0.2, 0.25) is 0 Å². The summed E-state index contributed by atoms with van der Waals surface area (Å²) in [6.07, 6.45) is 28.7. The Morgan fingerprint density at radius 1 is 0.872 bits per heavy atom. The Morgan fingerprint density at radius 3 is 2.00 bits per heavy atom. The van der Waals surface area contributed by atoms with Gasteiger partial charge in [-0.15, -0.1) is 0 Å². The van der Waals surface area contributed by atoms with Gasteiger partial charge >= 0.3 is 6.09 Å². The molecule has 0 unspecified atom stereocenters. The minimum absolute atomic E-state index is 0.314. The second-order valence-electron chi connectivity index (χ2n) is 9.64. The van der Waals surface area contributed by atoms with E-state index in [1.54, 1.807) is 0 Å². The Kier molecular flexibility index (Phi) is 16.3. The molecule has 1 aliphatic heterocycles. The zero-order chi connectivity index (χ0) is 28.1. The molecule has 3 atom stereocenters. The molecule has 0 aromatic heterocycles. The van der Waals surface area contributed by atoms with Crippen LogP contribution in [0, 0.1) is 0 Å². The van der Waals surface area contributed by atoms with Gasteiger partial charge < -0.3 is 9.47 Å². The highest BCUT2D eigenvalue weighted by atomic mass is 16.6. The van der Waals surface area contributed by atoms with Crippen LogP contribution in [-0.2, 0) is 14.3 Å². The molecule has 0 N–H and O–H groups in total. The number of imide groups is 1. The van der Waals surface area contributed by atoms with E-state index in [1.807, 2.05) is 44.2 Å². The molecule has 1 heterocycles. The van der Waals surface area contributed by atoms with Crippen molar-refractivity contribution in [1.29, 1.82) is 0 Å². The van der Waals surface area contributed by atoms with Crippen molar-refractivity contribution in [3.8, 4) is 0 Å². The molecule has 5 heteroatoms. The Bertz CT molecular complexity index is 976. The Balaban J connectivity index is 1.57. The maximum absolute atomic E-state index is 13.1. The summed E-state index contributed by atoms with van der Waals surface area (Å²) < 4.78 is 11.4. The summed E-state index contributed by atoms with van der Waals surface area (Å²) in [7, 11) is 0. The van der Waals surface area contributed by atoms with Crippen LogP contribution in [0.25, 0.3) is 0 Å². The quantitative estimate of drug-likeness (QED) is 0.140. The molecule has 2 rings (SSSR count). The number of benzene rings is 1. The standard InChI is InChI=1S/C34H47NO4/c1-4-6-7-8-9-10-11-12-13-14-15-16-17-18-19-20-21-25-28-38-31(5-2)33(36)35-29(3)32(39-34(35)37)30-26-23-22-24-27-30/h6-7,9-10,12-13,15-16,18-19,22-24,26-27,29,31-32H,4-5,8,11,14,17,20-21,25,28H2,1-3H3/t29-,31+,32-/m0/s1. The lowest BCUT2D eigenvalue weighted by molar-refractivity contribution is -0.141. The fourth-order valence-corrected chi connectivity index (χ4v) is 4.32. The number of unbranched alkanes of at least 4 members (excludes halogenated alkanes) is 2. The predicted molar refractivity (Wildman–Crippen MR) is 160 cm³/mol. The van der Waals surface area contributed by atoms with Gasteiger partial charge in [0, 0.05) is 6.61 Å². The monoisotopic (exact) mass is 533 g/mol. The van der Waals surface area contributed by atoms with Crippen molar-refractivity contribution in [2.75, 3.05) is 6.61 Å². The van der Waals surface area contributed by atoms with Crippen molar-refractivity contribution in [2.45, 2.75) is 96.8 Å². The maximum atomic E-state index is 13.1. The van der Waals surface area contributed by atoms with Crippen molar-refractivity contribution in [1.82, 2.24) is 4.90 Å². The lowest BCUT2D eigenvalue weighted by Gasteiger charge is -2.24. The van der Waals surface area contributed by atoms with Gasteiger partial charge in [-0.2, -0.15) is 0 Å². The molecule has 212 valence electrons. The van der Waals surface area contributed by atoms with Crippen molar-refractivity contribution < 1.29 is 19.1 Å². The number of carbonyl (C=O) groups excluding carboxylic acids is 2. The zero-order valence-corrected chi connectivity index (χ0v) is 24.0. The Hall–Kier alpha value is -3.18. The lowest BCUT2D eigenvalue weighted by Crippen LogP contribution is -2.44. The van der Waals surface area contributed by atoms with Crippen LogP contribution in [0.15, 0.2) is 91.1 Å². The Morgan fingerprint density at radius 2 is 1.44 bits per heavy atom. The summed E-state index contributed by atoms with van der Waals surface area (Å²) in [6.45, 7) is 6.39. The van der Waals surface area contributed by atoms with Gasteiger partial charge in [-0.05, 0) is 70.3 Å². The minimum Gasteiger partial charge on any atom is -0.439 e. The number of cyclic esters (lactones) is 1. The van der Waals surface area contributed by atoms with E-state index in [2.05, 4.69) is 67.7 Å². The van der Waals surface area contributed by atoms with Gasteiger partial charge in [-0.3, -0.25) is 4.79 Å². The highest BCUT2D eigenvalue weighted by Crippen LogP contribution is 2.33. The van der Waals surface area contributed by atoms with E-state index in [-0.39, 0.29) is 11.9 Å². The number of amides is 2. The molecule has 0 bridgehead atoms. The fourth-order valence-electron chi connectivity index (χ4n) is 4.32. The SMILES string of the molecule is CCC=CCC=CCC=CCC=CCC=CCCCCO[C@H](CC)C(=O)N1C(=O)O[C@H](c2ccccc2)[C@@H]1C. The Labute approximate surface area is 236 Å². The number of nitrogens with zero attached hydrogens (tertiary/aromatic N) is 1. The molecule has 1 fully saturated rings. The molecule has 0 spiro atoms. The summed E-state index contributed by atoms with van der Waals surface area (Å²) in [5.74, 6) is -0.314. The first-order chi connectivity index (χ1) is 19.1. The van der Waals surface area contributed by atoms with Crippen LogP contribution in [0.5, 0.6) is 0 Å². The normalized spacial score (nSPS) is 18.9. The fraction of sp³-hybridized carbons (Fsp3) is 0.471. The van der Waals surface area contributed by atoms with Crippen molar-refractivity contribution in [2.24, 2.45) is 0 Å². The molecule has 1 aromatic rings. The summed E-state index contributed by atoms with van der Waals surface area (Å²) >= 11 is 0. The molecule has 39 heavy (non-hydrogen) atoms. The van der Waals surface area contributed by atoms with Crippen molar-refractivity contribution in [3.63, 3.8) is 0 Å². The number of hydrogen-bond donors (Lipinski definition) is 0. The number of carbonyl (C=O) groups is 2. The largest absolute Gasteiger partial charge is 0.439 e. The third-order valence-electron chi connectivity index (χ3n) is 6.52. The summed E-state index contributed by atoms with van der Waals surface area (Å²) in [4.78, 5) is 26.8. The lowest BCUT2D eigenvalue weighted by atomic mass is 10.0. The van der Waals surface area contributed by atoms with E-state index in [1.165, 1.54) is 4.90 Å². The first kappa shape index (κ1) is 32.0. The van der Waals surface area contributed by atoms with Crippen molar-refractivity contribution >= 4 is 12.0 Å². The van der Waals surface area contributed by atoms with E-state index in [0.717, 1.165) is 56.9 Å². The summed E-state index contributed by atoms with van der Waals surface area (Å²) in [5.41, 5.74) is 0.887. The maximum Gasteiger partial charge on any atom is 0.417 e. The van der Waals surface area contributed by atoms with Gasteiger partial charge in [-0.1, -0.05) is 105 Å². The number of ether oxygens (including phenoxy) is 2. The molecule has 0 saturated carbocycles. The third-order valence-corrected chi connectivity index (χ3v) is 6.52. The zero-order valence-electron chi connectivity index (χ0n) is 24.0. The first-order valence-corrected chi connectivity index (χ1v) is 14.5. The molecule has 1 aliphatic rings. The van der Waals surface area contributed by atoms with Crippen LogP contribution in [0.3, 0.4) is 0 Å². The molecule has 2 amide bonds. The molecule has 0 radical (unpaired) electrons. The topological polar surface area (TPSA) is 55.8 Å². The van der Waals surface area contributed by atoms with E-state index in [9.17, 15) is 9.59 Å². The minimum atomic E-state index is -0.636. The van der Waals surface area contributed by atoms with Gasteiger partial charge in [-0.25, -0.2) is 9.69 Å². The van der Waals surface area contributed by atoms with Gasteiger partial charge in [0.05, 0.1) is 6.04 Å². The van der Waals surface area contributed by atoms with E-state index < -0.39 is 18.3 Å². The van der Waals surface area contributed by atoms with E-state index >= 15 is 0 Å². The van der Waals surface area contributed by atoms with Crippen LogP contribution in [0.1, 0.15) is 90.2 Å². The summed E-state index contributed by atoms with van der Waals surface area (Å²) in [6, 6.07) is 9.16. The predicted octanol–water partition coefficient (Wildman–Crippen LogP) is 8.81. The van der Waals surface area contributed by atoms with E-state index in [0.29, 0.717) is 13.0 Å². The van der Waals surface area contributed by atoms with Gasteiger partial charge in [0.1, 0.15) is 12.2 Å². The van der Waals surface area contributed by atoms with Crippen LogP contribution in [0.2, 0.25) is 0 Å². The van der Waals surface area contributed by atoms with Crippen molar-refractivity contribution in [3.05, 3.63) is 96.7 Å². The highest BCUT2D eigenvalue weighted by molar-refractivity contribution is 5.96. The van der Waals surface area contributed by atoms with Crippen LogP contribution in [-0.4, -0.2) is 35.7 Å². The van der Waals surface area contributed by atoms with Crippen LogP contribution in [0.4, 0.5) is 4.79 Å². The average molecular weight is 534 g/mol. The molecule has 1 saturated heterocycles. The van der Waals surface area contributed by atoms with Gasteiger partial charge in [0.15, 0.2) is 0 Å². The molecule has 0 aliphatic carbocycles. The summed E-state index contributed by atoms with van der Waals surface area (Å²) in [5, 5.41) is 0. The van der Waals surface area contributed by atoms with E-state index in [4.69, 9.17) is 9.47 Å². The molecule has 1 aromatic carbocycles. The third kappa shape index (κ3) is 12.0. The number of allylic oxidation sites excluding steroid dienone is 10. The number of hydrogen-bond acceptors (Lipinski definition) is 4. The average Bonchev–Trinajstić information content (AvgIpc) is 3.25.